The van der Waals surface area contributed by atoms with Gasteiger partial charge in [-0.1, -0.05) is 96.8 Å². The van der Waals surface area contributed by atoms with Crippen molar-refractivity contribution in [2.45, 2.75) is 130 Å². The second-order valence-corrected chi connectivity index (χ2v) is 12.8. The maximum absolute atomic E-state index is 11.1. The molecular formula is C23H46O2Si. The molecule has 3 heteroatoms. The molecule has 0 aliphatic carbocycles. The zero-order chi connectivity index (χ0) is 19.7. The Bertz CT molecular complexity index is 374. The van der Waals surface area contributed by atoms with Gasteiger partial charge < -0.3 is 4.43 Å². The van der Waals surface area contributed by atoms with Crippen LogP contribution in [0.4, 0.5) is 0 Å². The van der Waals surface area contributed by atoms with Gasteiger partial charge in [-0.3, -0.25) is 4.79 Å². The summed E-state index contributed by atoms with van der Waals surface area (Å²) in [6.07, 6.45) is 21.2. The first-order valence-electron chi connectivity index (χ1n) is 11.3. The molecule has 0 aromatic rings. The van der Waals surface area contributed by atoms with Crippen LogP contribution < -0.4 is 0 Å². The first-order valence-corrected chi connectivity index (χ1v) is 14.4. The summed E-state index contributed by atoms with van der Waals surface area (Å²) >= 11 is 0. The molecule has 0 saturated carbocycles. The van der Waals surface area contributed by atoms with Gasteiger partial charge in [-0.25, -0.2) is 0 Å². The Hall–Kier alpha value is -0.573. The molecule has 0 aromatic heterocycles. The van der Waals surface area contributed by atoms with E-state index in [1.165, 1.54) is 95.9 Å². The van der Waals surface area contributed by atoms with E-state index in [1.807, 2.05) is 6.92 Å². The Morgan fingerprint density at radius 1 is 0.731 bits per heavy atom. The van der Waals surface area contributed by atoms with E-state index >= 15 is 0 Å². The van der Waals surface area contributed by atoms with E-state index in [0.717, 1.165) is 5.76 Å². The highest BCUT2D eigenvalue weighted by Gasteiger charge is 2.23. The van der Waals surface area contributed by atoms with Crippen molar-refractivity contribution in [1.82, 2.24) is 0 Å². The van der Waals surface area contributed by atoms with E-state index in [0.29, 0.717) is 0 Å². The molecule has 26 heavy (non-hydrogen) atoms. The summed E-state index contributed by atoms with van der Waals surface area (Å²) in [5.74, 6) is 0.864. The van der Waals surface area contributed by atoms with Crippen LogP contribution in [0, 0.1) is 0 Å². The van der Waals surface area contributed by atoms with Gasteiger partial charge in [0.05, 0.1) is 5.76 Å². The quantitative estimate of drug-likeness (QED) is 0.103. The summed E-state index contributed by atoms with van der Waals surface area (Å²) in [7, 11) is -1.66. The van der Waals surface area contributed by atoms with E-state index in [2.05, 4.69) is 20.0 Å². The van der Waals surface area contributed by atoms with E-state index in [-0.39, 0.29) is 5.78 Å². The summed E-state index contributed by atoms with van der Waals surface area (Å²) in [4.78, 5) is 11.1. The summed E-state index contributed by atoms with van der Waals surface area (Å²) < 4.78 is 6.04. The van der Waals surface area contributed by atoms with Crippen LogP contribution in [0.3, 0.4) is 0 Å². The van der Waals surface area contributed by atoms with Crippen molar-refractivity contribution in [2.75, 3.05) is 0 Å². The van der Waals surface area contributed by atoms with Gasteiger partial charge in [-0.05, 0) is 33.0 Å². The molecule has 0 heterocycles. The number of allylic oxidation sites excluding steroid dienone is 2. The largest absolute Gasteiger partial charge is 0.547 e. The van der Waals surface area contributed by atoms with E-state index in [9.17, 15) is 4.79 Å². The third kappa shape index (κ3) is 18.2. The number of hydrogen-bond donors (Lipinski definition) is 0. The van der Waals surface area contributed by atoms with Crippen LogP contribution in [-0.2, 0) is 9.22 Å². The van der Waals surface area contributed by atoms with Gasteiger partial charge in [0.1, 0.15) is 0 Å². The fourth-order valence-corrected chi connectivity index (χ4v) is 5.68. The molecular weight excluding hydrogens is 336 g/mol. The summed E-state index contributed by atoms with van der Waals surface area (Å²) in [6, 6.07) is 1.19. The fourth-order valence-electron chi connectivity index (χ4n) is 3.55. The summed E-state index contributed by atoms with van der Waals surface area (Å²) in [6.45, 7) is 10.3. The third-order valence-corrected chi connectivity index (χ3v) is 7.41. The Balaban J connectivity index is 3.43. The van der Waals surface area contributed by atoms with Gasteiger partial charge in [0.25, 0.3) is 0 Å². The Labute approximate surface area is 165 Å². The van der Waals surface area contributed by atoms with Crippen molar-refractivity contribution < 1.29 is 9.22 Å². The van der Waals surface area contributed by atoms with Crippen molar-refractivity contribution >= 4 is 14.1 Å². The maximum Gasteiger partial charge on any atom is 0.244 e. The topological polar surface area (TPSA) is 26.3 Å². The Kier molecular flexibility index (Phi) is 16.2. The Morgan fingerprint density at radius 2 is 1.12 bits per heavy atom. The minimum absolute atomic E-state index is 0.0730. The fraction of sp³-hybridized carbons (Fsp3) is 0.870. The molecule has 0 aromatic carbocycles. The molecule has 0 aliphatic rings. The molecule has 0 rings (SSSR count). The van der Waals surface area contributed by atoms with Gasteiger partial charge in [0.15, 0.2) is 5.78 Å². The zero-order valence-electron chi connectivity index (χ0n) is 18.5. The minimum Gasteiger partial charge on any atom is -0.547 e. The zero-order valence-corrected chi connectivity index (χ0v) is 19.5. The molecule has 0 N–H and O–H groups in total. The molecule has 0 aliphatic heterocycles. The van der Waals surface area contributed by atoms with Crippen LogP contribution in [0.25, 0.3) is 0 Å². The van der Waals surface area contributed by atoms with Gasteiger partial charge in [0, 0.05) is 6.08 Å². The number of hydrogen-bond acceptors (Lipinski definition) is 2. The first-order chi connectivity index (χ1) is 12.4. The van der Waals surface area contributed by atoms with E-state index in [4.69, 9.17) is 4.43 Å². The van der Waals surface area contributed by atoms with Crippen molar-refractivity contribution in [3.05, 3.63) is 11.8 Å². The van der Waals surface area contributed by atoms with Gasteiger partial charge in [-0.2, -0.15) is 0 Å². The highest BCUT2D eigenvalue weighted by atomic mass is 28.4. The van der Waals surface area contributed by atoms with E-state index in [1.54, 1.807) is 13.0 Å². The standard InChI is InChI=1S/C23H46O2Si/c1-6-7-8-9-10-11-12-13-14-15-16-17-18-19-20-26(4,5)25-23(3)21-22(2)24/h21H,6-20H2,1-5H3/b23-21+. The molecule has 0 radical (unpaired) electrons. The van der Waals surface area contributed by atoms with Crippen molar-refractivity contribution in [3.8, 4) is 0 Å². The predicted molar refractivity (Wildman–Crippen MR) is 118 cm³/mol. The smallest absolute Gasteiger partial charge is 0.244 e. The van der Waals surface area contributed by atoms with Crippen LogP contribution in [-0.4, -0.2) is 14.1 Å². The minimum atomic E-state index is -1.66. The SMILES string of the molecule is CCCCCCCCCCCCCCCC[Si](C)(C)O/C(C)=C/C(C)=O. The third-order valence-electron chi connectivity index (χ3n) is 4.98. The molecule has 0 amide bonds. The molecule has 0 unspecified atom stereocenters. The number of carbonyl (C=O) groups excluding carboxylic acids is 1. The number of carbonyl (C=O) groups is 1. The predicted octanol–water partition coefficient (Wildman–Crippen LogP) is 8.18. The van der Waals surface area contributed by atoms with Crippen LogP contribution >= 0.6 is 0 Å². The number of rotatable bonds is 18. The number of unbranched alkanes of at least 4 members (excludes halogenated alkanes) is 13. The van der Waals surface area contributed by atoms with Crippen LogP contribution in [0.2, 0.25) is 19.1 Å². The average molecular weight is 383 g/mol. The lowest BCUT2D eigenvalue weighted by Gasteiger charge is -2.24. The highest BCUT2D eigenvalue weighted by Crippen LogP contribution is 2.20. The molecule has 0 fully saturated rings. The van der Waals surface area contributed by atoms with Crippen molar-refractivity contribution in [1.29, 1.82) is 0 Å². The Morgan fingerprint density at radius 3 is 1.50 bits per heavy atom. The lowest BCUT2D eigenvalue weighted by Crippen LogP contribution is -2.29. The molecule has 0 bridgehead atoms. The molecule has 2 nitrogen and oxygen atoms in total. The molecule has 0 atom stereocenters. The number of ketones is 1. The van der Waals surface area contributed by atoms with Crippen LogP contribution in [0.15, 0.2) is 11.8 Å². The summed E-state index contributed by atoms with van der Waals surface area (Å²) in [5.41, 5.74) is 0. The normalized spacial score (nSPS) is 12.4. The first kappa shape index (κ1) is 25.4. The lowest BCUT2D eigenvalue weighted by atomic mass is 10.0. The van der Waals surface area contributed by atoms with Crippen LogP contribution in [0.1, 0.15) is 111 Å². The lowest BCUT2D eigenvalue weighted by molar-refractivity contribution is -0.112. The highest BCUT2D eigenvalue weighted by molar-refractivity contribution is 6.71. The van der Waals surface area contributed by atoms with Gasteiger partial charge in [0.2, 0.25) is 8.32 Å². The molecule has 0 spiro atoms. The van der Waals surface area contributed by atoms with Crippen molar-refractivity contribution in [3.63, 3.8) is 0 Å². The van der Waals surface area contributed by atoms with Crippen LogP contribution in [0.5, 0.6) is 0 Å². The van der Waals surface area contributed by atoms with E-state index < -0.39 is 8.32 Å². The average Bonchev–Trinajstić information content (AvgIpc) is 2.53. The summed E-state index contributed by atoms with van der Waals surface area (Å²) in [5, 5.41) is 0. The maximum atomic E-state index is 11.1. The van der Waals surface area contributed by atoms with Gasteiger partial charge >= 0.3 is 0 Å². The van der Waals surface area contributed by atoms with Gasteiger partial charge in [-0.15, -0.1) is 0 Å². The second kappa shape index (κ2) is 16.6. The van der Waals surface area contributed by atoms with Crippen molar-refractivity contribution in [2.24, 2.45) is 0 Å². The molecule has 154 valence electrons. The monoisotopic (exact) mass is 382 g/mol. The second-order valence-electron chi connectivity index (χ2n) is 8.57. The molecule has 0 saturated heterocycles.